The molecule has 0 atom stereocenters. The van der Waals surface area contributed by atoms with E-state index in [4.69, 9.17) is 4.74 Å². The van der Waals surface area contributed by atoms with Crippen LogP contribution in [0.25, 0.3) is 11.3 Å². The number of sulfone groups is 1. The van der Waals surface area contributed by atoms with Crippen LogP contribution >= 0.6 is 0 Å². The largest absolute Gasteiger partial charge is 0.378 e. The third-order valence-corrected chi connectivity index (χ3v) is 6.88. The predicted octanol–water partition coefficient (Wildman–Crippen LogP) is 2.10. The lowest BCUT2D eigenvalue weighted by Crippen LogP contribution is -2.38. The predicted molar refractivity (Wildman–Crippen MR) is 101 cm³/mol. The van der Waals surface area contributed by atoms with Gasteiger partial charge >= 0.3 is 0 Å². The summed E-state index contributed by atoms with van der Waals surface area (Å²) in [5.74, 6) is -0.0975. The Labute approximate surface area is 158 Å². The van der Waals surface area contributed by atoms with Gasteiger partial charge in [-0.15, -0.1) is 0 Å². The zero-order valence-electron chi connectivity index (χ0n) is 15.9. The highest BCUT2D eigenvalue weighted by atomic mass is 32.2. The number of pyridine rings is 1. The Balaban J connectivity index is 2.19. The maximum absolute atomic E-state index is 14.5. The van der Waals surface area contributed by atoms with Gasteiger partial charge in [-0.2, -0.15) is 0 Å². The van der Waals surface area contributed by atoms with Crippen molar-refractivity contribution >= 4 is 15.8 Å². The number of hydrogen-bond acceptors (Lipinski definition) is 7. The summed E-state index contributed by atoms with van der Waals surface area (Å²) in [6.07, 6.45) is 2.57. The average Bonchev–Trinajstić information content (AvgIpc) is 2.61. The number of aromatic nitrogens is 3. The molecule has 3 heterocycles. The van der Waals surface area contributed by atoms with Gasteiger partial charge in [0.1, 0.15) is 10.6 Å². The van der Waals surface area contributed by atoms with E-state index in [0.717, 1.165) is 6.26 Å². The second-order valence-electron chi connectivity index (χ2n) is 7.13. The zero-order valence-corrected chi connectivity index (χ0v) is 16.7. The molecule has 0 aliphatic carbocycles. The summed E-state index contributed by atoms with van der Waals surface area (Å²) in [6.45, 7) is 7.08. The quantitative estimate of drug-likeness (QED) is 0.785. The number of hydrogen-bond donors (Lipinski definition) is 0. The summed E-state index contributed by atoms with van der Waals surface area (Å²) in [7, 11) is -3.46. The van der Waals surface area contributed by atoms with Crippen LogP contribution in [0.2, 0.25) is 0 Å². The molecular weight excluding hydrogens is 371 g/mol. The van der Waals surface area contributed by atoms with Gasteiger partial charge < -0.3 is 9.64 Å². The molecule has 0 spiro atoms. The van der Waals surface area contributed by atoms with Crippen molar-refractivity contribution < 1.29 is 17.5 Å². The van der Waals surface area contributed by atoms with Crippen molar-refractivity contribution in [1.82, 2.24) is 15.0 Å². The van der Waals surface area contributed by atoms with Crippen molar-refractivity contribution in [2.24, 2.45) is 0 Å². The highest BCUT2D eigenvalue weighted by Gasteiger charge is 2.35. The van der Waals surface area contributed by atoms with Gasteiger partial charge in [0.05, 0.1) is 30.2 Å². The highest BCUT2D eigenvalue weighted by molar-refractivity contribution is 7.91. The number of anilines is 1. The zero-order chi connectivity index (χ0) is 19.8. The molecule has 0 unspecified atom stereocenters. The van der Waals surface area contributed by atoms with Crippen molar-refractivity contribution in [3.05, 3.63) is 35.5 Å². The molecule has 0 bridgehead atoms. The molecule has 7 nitrogen and oxygen atoms in total. The van der Waals surface area contributed by atoms with E-state index < -0.39 is 20.4 Å². The Morgan fingerprint density at radius 2 is 1.85 bits per heavy atom. The summed E-state index contributed by atoms with van der Waals surface area (Å²) in [5.41, 5.74) is 1.39. The van der Waals surface area contributed by atoms with Crippen molar-refractivity contribution in [2.45, 2.75) is 25.5 Å². The number of aryl methyl sites for hydroxylation is 1. The van der Waals surface area contributed by atoms with Crippen LogP contribution in [-0.4, -0.2) is 55.9 Å². The minimum Gasteiger partial charge on any atom is -0.378 e. The van der Waals surface area contributed by atoms with Crippen molar-refractivity contribution in [3.8, 4) is 11.3 Å². The smallest absolute Gasteiger partial charge is 0.226 e. The van der Waals surface area contributed by atoms with E-state index in [1.54, 1.807) is 20.8 Å². The Morgan fingerprint density at radius 1 is 1.19 bits per heavy atom. The molecule has 1 aliphatic rings. The van der Waals surface area contributed by atoms with E-state index in [1.165, 1.54) is 18.3 Å². The maximum Gasteiger partial charge on any atom is 0.226 e. The van der Waals surface area contributed by atoms with Crippen molar-refractivity contribution in [1.29, 1.82) is 0 Å². The molecule has 0 saturated carbocycles. The Hall–Kier alpha value is -2.13. The summed E-state index contributed by atoms with van der Waals surface area (Å²) in [5, 5.41) is 0. The fourth-order valence-electron chi connectivity index (χ4n) is 2.69. The lowest BCUT2D eigenvalue weighted by molar-refractivity contribution is 0.122. The molecule has 0 amide bonds. The monoisotopic (exact) mass is 394 g/mol. The van der Waals surface area contributed by atoms with Crippen LogP contribution in [0.3, 0.4) is 0 Å². The molecule has 2 aromatic heterocycles. The summed E-state index contributed by atoms with van der Waals surface area (Å²) in [6, 6.07) is 2.85. The third kappa shape index (κ3) is 3.93. The van der Waals surface area contributed by atoms with Crippen molar-refractivity contribution in [2.75, 3.05) is 37.5 Å². The normalized spacial score (nSPS) is 15.8. The van der Waals surface area contributed by atoms with Crippen molar-refractivity contribution in [3.63, 3.8) is 0 Å². The first kappa shape index (κ1) is 19.6. The maximum atomic E-state index is 14.5. The SMILES string of the molecule is Cc1cc(F)c(-c2cc(C(C)(C)S(C)(=O)=O)nc(N3CCOCC3)n2)cn1. The van der Waals surface area contributed by atoms with E-state index in [2.05, 4.69) is 15.0 Å². The number of halogens is 1. The van der Waals surface area contributed by atoms with Crippen LogP contribution < -0.4 is 4.90 Å². The molecule has 2 aromatic rings. The summed E-state index contributed by atoms with van der Waals surface area (Å²) >= 11 is 0. The third-order valence-electron chi connectivity index (χ3n) is 4.82. The van der Waals surface area contributed by atoms with Crippen LogP contribution in [0.1, 0.15) is 25.2 Å². The van der Waals surface area contributed by atoms with Crippen LogP contribution in [-0.2, 0) is 19.3 Å². The Bertz CT molecular complexity index is 957. The molecule has 1 fully saturated rings. The number of nitrogens with zero attached hydrogens (tertiary/aromatic N) is 4. The lowest BCUT2D eigenvalue weighted by Gasteiger charge is -2.29. The first-order valence-electron chi connectivity index (χ1n) is 8.64. The van der Waals surface area contributed by atoms with Crippen LogP contribution in [0.15, 0.2) is 18.3 Å². The van der Waals surface area contributed by atoms with E-state index in [0.29, 0.717) is 49.3 Å². The summed E-state index contributed by atoms with van der Waals surface area (Å²) < 4.78 is 43.3. The number of rotatable bonds is 4. The topological polar surface area (TPSA) is 85.3 Å². The minimum absolute atomic E-state index is 0.211. The first-order valence-corrected chi connectivity index (χ1v) is 10.5. The lowest BCUT2D eigenvalue weighted by atomic mass is 10.1. The highest BCUT2D eigenvalue weighted by Crippen LogP contribution is 2.32. The average molecular weight is 394 g/mol. The Kier molecular flexibility index (Phi) is 5.18. The van der Waals surface area contributed by atoms with E-state index in [1.807, 2.05) is 4.90 Å². The molecule has 0 radical (unpaired) electrons. The van der Waals surface area contributed by atoms with Gasteiger partial charge in [-0.1, -0.05) is 0 Å². The molecule has 9 heteroatoms. The molecule has 1 saturated heterocycles. The number of ether oxygens (including phenoxy) is 1. The standard InChI is InChI=1S/C18H23FN4O3S/c1-12-9-14(19)13(11-20-12)15-10-16(18(2,3)27(4,24)25)22-17(21-15)23-5-7-26-8-6-23/h9-11H,5-8H2,1-4H3. The van der Waals surface area contributed by atoms with E-state index in [-0.39, 0.29) is 5.56 Å². The Morgan fingerprint density at radius 3 is 2.44 bits per heavy atom. The van der Waals surface area contributed by atoms with Gasteiger partial charge in [0.15, 0.2) is 9.84 Å². The number of morpholine rings is 1. The van der Waals surface area contributed by atoms with Gasteiger partial charge in [0.25, 0.3) is 0 Å². The fraction of sp³-hybridized carbons (Fsp3) is 0.500. The molecule has 0 aromatic carbocycles. The first-order chi connectivity index (χ1) is 12.6. The van der Waals surface area contributed by atoms with Gasteiger partial charge in [-0.3, -0.25) is 4.98 Å². The van der Waals surface area contributed by atoms with E-state index >= 15 is 0 Å². The molecule has 1 aliphatic heterocycles. The van der Waals surface area contributed by atoms with Gasteiger partial charge in [-0.25, -0.2) is 22.8 Å². The van der Waals surface area contributed by atoms with E-state index in [9.17, 15) is 12.8 Å². The second kappa shape index (κ2) is 7.12. The molecule has 3 rings (SSSR count). The fourth-order valence-corrected chi connectivity index (χ4v) is 3.18. The molecular formula is C18H23FN4O3S. The van der Waals surface area contributed by atoms with Gasteiger partial charge in [-0.05, 0) is 32.9 Å². The van der Waals surface area contributed by atoms with Crippen LogP contribution in [0.5, 0.6) is 0 Å². The van der Waals surface area contributed by atoms with Crippen LogP contribution in [0.4, 0.5) is 10.3 Å². The molecule has 0 N–H and O–H groups in total. The van der Waals surface area contributed by atoms with Gasteiger partial charge in [0, 0.05) is 31.2 Å². The molecule has 146 valence electrons. The second-order valence-corrected chi connectivity index (χ2v) is 9.69. The molecule has 27 heavy (non-hydrogen) atoms. The van der Waals surface area contributed by atoms with Gasteiger partial charge in [0.2, 0.25) is 5.95 Å². The minimum atomic E-state index is -3.46. The summed E-state index contributed by atoms with van der Waals surface area (Å²) in [4.78, 5) is 15.1. The van der Waals surface area contributed by atoms with Crippen LogP contribution in [0, 0.1) is 12.7 Å².